The zero-order valence-electron chi connectivity index (χ0n) is 2.73. The minimum Gasteiger partial charge on any atom is 0 e. The fraction of sp³-hybridized carbons (Fsp3) is 0. The molecular formula is Ga3Na. The van der Waals surface area contributed by atoms with Crippen molar-refractivity contribution in [2.45, 2.75) is 0 Å². The number of hydrogen-bond acceptors (Lipinski definition) is 0. The van der Waals surface area contributed by atoms with E-state index >= 15 is 0 Å². The summed E-state index contributed by atoms with van der Waals surface area (Å²) in [5.74, 6) is 0. The van der Waals surface area contributed by atoms with E-state index in [-0.39, 0.29) is 88.9 Å². The molecule has 4 heteroatoms. The average molecular weight is 232 g/mol. The van der Waals surface area contributed by atoms with Crippen molar-refractivity contribution in [1.29, 1.82) is 0 Å². The summed E-state index contributed by atoms with van der Waals surface area (Å²) in [4.78, 5) is 0. The zero-order chi connectivity index (χ0) is 0. The number of hydrogen-bond donors (Lipinski definition) is 0. The van der Waals surface area contributed by atoms with Crippen LogP contribution in [0.5, 0.6) is 0 Å². The second-order valence-electron chi connectivity index (χ2n) is 0. The summed E-state index contributed by atoms with van der Waals surface area (Å²) < 4.78 is 0. The van der Waals surface area contributed by atoms with E-state index in [4.69, 9.17) is 0 Å². The molecule has 0 spiro atoms. The minimum absolute atomic E-state index is 0. The molecule has 0 amide bonds. The summed E-state index contributed by atoms with van der Waals surface area (Å²) in [6, 6.07) is 0. The van der Waals surface area contributed by atoms with E-state index < -0.39 is 0 Å². The van der Waals surface area contributed by atoms with Crippen molar-refractivity contribution in [3.8, 4) is 0 Å². The molecule has 0 saturated carbocycles. The summed E-state index contributed by atoms with van der Waals surface area (Å²) in [5, 5.41) is 0. The SMILES string of the molecule is [Ga].[Ga].[Ga].[Na]. The molecule has 10 radical (unpaired) electrons. The first-order valence-electron chi connectivity index (χ1n) is 0. The van der Waals surface area contributed by atoms with Crippen molar-refractivity contribution < 1.29 is 0 Å². The quantitative estimate of drug-likeness (QED) is 0.445. The van der Waals surface area contributed by atoms with E-state index in [2.05, 4.69) is 0 Å². The van der Waals surface area contributed by atoms with E-state index in [9.17, 15) is 0 Å². The van der Waals surface area contributed by atoms with Crippen LogP contribution in [0.2, 0.25) is 0 Å². The summed E-state index contributed by atoms with van der Waals surface area (Å²) in [6.45, 7) is 0. The summed E-state index contributed by atoms with van der Waals surface area (Å²) in [5.41, 5.74) is 0. The Morgan fingerprint density at radius 3 is 0.500 bits per heavy atom. The molecule has 10 valence electrons. The van der Waals surface area contributed by atoms with Crippen molar-refractivity contribution >= 4 is 88.9 Å². The van der Waals surface area contributed by atoms with Crippen molar-refractivity contribution in [2.75, 3.05) is 0 Å². The van der Waals surface area contributed by atoms with Gasteiger partial charge in [-0.2, -0.15) is 0 Å². The minimum atomic E-state index is 0. The van der Waals surface area contributed by atoms with Crippen LogP contribution in [0.25, 0.3) is 0 Å². The Bertz CT molecular complexity index is 3.25. The van der Waals surface area contributed by atoms with Gasteiger partial charge in [0.05, 0.1) is 0 Å². The monoisotopic (exact) mass is 230 g/mol. The van der Waals surface area contributed by atoms with Crippen LogP contribution in [0.1, 0.15) is 0 Å². The molecule has 0 aromatic carbocycles. The average Bonchev–Trinajstić information content (AvgIpc) is 0. The largest absolute Gasteiger partial charge is 0 e. The maximum Gasteiger partial charge on any atom is 0 e. The maximum atomic E-state index is 0. The fourth-order valence-corrected chi connectivity index (χ4v) is 0. The van der Waals surface area contributed by atoms with Gasteiger partial charge in [-0.3, -0.25) is 0 Å². The maximum absolute atomic E-state index is 0. The van der Waals surface area contributed by atoms with E-state index in [1.807, 2.05) is 0 Å². The Morgan fingerprint density at radius 2 is 0.500 bits per heavy atom. The third-order valence-corrected chi connectivity index (χ3v) is 0. The standard InChI is InChI=1S/3Ga.Na. The van der Waals surface area contributed by atoms with E-state index in [1.54, 1.807) is 0 Å². The van der Waals surface area contributed by atoms with Crippen LogP contribution in [0.4, 0.5) is 0 Å². The first-order chi connectivity index (χ1) is 0. The van der Waals surface area contributed by atoms with Crippen LogP contribution in [0.15, 0.2) is 0 Å². The van der Waals surface area contributed by atoms with Crippen LogP contribution in [0, 0.1) is 0 Å². The van der Waals surface area contributed by atoms with Crippen molar-refractivity contribution in [1.82, 2.24) is 0 Å². The van der Waals surface area contributed by atoms with E-state index in [1.165, 1.54) is 0 Å². The summed E-state index contributed by atoms with van der Waals surface area (Å²) in [7, 11) is 0. The molecule has 0 aromatic heterocycles. The normalized spacial score (nSPS) is 0. The van der Waals surface area contributed by atoms with Gasteiger partial charge in [-0.15, -0.1) is 0 Å². The van der Waals surface area contributed by atoms with Gasteiger partial charge in [0.1, 0.15) is 0 Å². The summed E-state index contributed by atoms with van der Waals surface area (Å²) >= 11 is 0. The Morgan fingerprint density at radius 1 is 0.500 bits per heavy atom. The van der Waals surface area contributed by atoms with Crippen molar-refractivity contribution in [3.05, 3.63) is 0 Å². The fourth-order valence-electron chi connectivity index (χ4n) is 0. The first kappa shape index (κ1) is 28.5. The molecule has 0 aromatic rings. The van der Waals surface area contributed by atoms with Gasteiger partial charge < -0.3 is 0 Å². The Hall–Kier alpha value is 2.91. The molecule has 0 aliphatic heterocycles. The van der Waals surface area contributed by atoms with Gasteiger partial charge >= 0.3 is 0 Å². The molecule has 0 fully saturated rings. The predicted molar refractivity (Wildman–Crippen MR) is 23.0 cm³/mol. The van der Waals surface area contributed by atoms with E-state index in [0.717, 1.165) is 0 Å². The third kappa shape index (κ3) is 8.86. The van der Waals surface area contributed by atoms with E-state index in [0.29, 0.717) is 0 Å². The first-order valence-corrected chi connectivity index (χ1v) is 0. The molecule has 0 aliphatic carbocycles. The van der Waals surface area contributed by atoms with Gasteiger partial charge in [-0.05, 0) is 0 Å². The van der Waals surface area contributed by atoms with Gasteiger partial charge in [0.25, 0.3) is 0 Å². The predicted octanol–water partition coefficient (Wildman–Crippen LogP) is -1.52. The van der Waals surface area contributed by atoms with Gasteiger partial charge in [-0.1, -0.05) is 0 Å². The Balaban J connectivity index is 0. The van der Waals surface area contributed by atoms with Gasteiger partial charge in [-0.25, -0.2) is 0 Å². The van der Waals surface area contributed by atoms with Gasteiger partial charge in [0.2, 0.25) is 0 Å². The molecular weight excluding hydrogens is 232 g/mol. The number of rotatable bonds is 0. The molecule has 0 nitrogen and oxygen atoms in total. The van der Waals surface area contributed by atoms with Crippen LogP contribution in [-0.4, -0.2) is 88.9 Å². The topological polar surface area (TPSA) is 0 Å². The smallest absolute Gasteiger partial charge is 0 e. The van der Waals surface area contributed by atoms with Crippen molar-refractivity contribution in [3.63, 3.8) is 0 Å². The van der Waals surface area contributed by atoms with Crippen LogP contribution in [-0.2, 0) is 0 Å². The zero-order valence-corrected chi connectivity index (χ0v) is 12.0. The molecule has 0 bridgehead atoms. The Kier molecular flexibility index (Phi) is 120. The second kappa shape index (κ2) is 16.8. The van der Waals surface area contributed by atoms with Crippen LogP contribution in [0.3, 0.4) is 0 Å². The van der Waals surface area contributed by atoms with Gasteiger partial charge in [0, 0.05) is 88.9 Å². The summed E-state index contributed by atoms with van der Waals surface area (Å²) in [6.07, 6.45) is 0. The molecule has 0 N–H and O–H groups in total. The third-order valence-electron chi connectivity index (χ3n) is 0. The van der Waals surface area contributed by atoms with Crippen LogP contribution >= 0.6 is 0 Å². The Labute approximate surface area is 87.3 Å². The molecule has 0 rings (SSSR count). The molecule has 0 heterocycles. The molecule has 0 unspecified atom stereocenters. The molecule has 0 saturated heterocycles. The van der Waals surface area contributed by atoms with Crippen LogP contribution < -0.4 is 0 Å². The molecule has 0 aliphatic rings. The molecule has 4 heavy (non-hydrogen) atoms. The second-order valence-corrected chi connectivity index (χ2v) is 0. The molecule has 0 atom stereocenters. The van der Waals surface area contributed by atoms with Crippen molar-refractivity contribution in [2.24, 2.45) is 0 Å². The van der Waals surface area contributed by atoms with Gasteiger partial charge in [0.15, 0.2) is 0 Å².